The van der Waals surface area contributed by atoms with Gasteiger partial charge in [0.05, 0.1) is 4.90 Å². The van der Waals surface area contributed by atoms with Gasteiger partial charge in [-0.25, -0.2) is 17.9 Å². The molecule has 0 unspecified atom stereocenters. The number of hydrogen-bond acceptors (Lipinski definition) is 3. The summed E-state index contributed by atoms with van der Waals surface area (Å²) in [5.41, 5.74) is 1.24. The molecule has 0 heterocycles. The molecule has 0 radical (unpaired) electrons. The second-order valence-corrected chi connectivity index (χ2v) is 6.76. The summed E-state index contributed by atoms with van der Waals surface area (Å²) >= 11 is 5.13. The minimum Gasteiger partial charge on any atom is -0.362 e. The molecule has 23 heavy (non-hydrogen) atoms. The Balaban J connectivity index is 1.84. The standard InChI is InChI=1S/C15H16FN3O2S2/c16-14-4-2-1-3-11(14)9-10-18-15(22)19-12-5-7-13(8-6-12)23(17,20)21/h1-8H,9-10H2,(H2,17,20,21)(H2,18,19,22). The van der Waals surface area contributed by atoms with Gasteiger partial charge in [0.2, 0.25) is 10.0 Å². The van der Waals surface area contributed by atoms with Crippen LogP contribution in [0.3, 0.4) is 0 Å². The van der Waals surface area contributed by atoms with Gasteiger partial charge in [-0.05, 0) is 54.5 Å². The summed E-state index contributed by atoms with van der Waals surface area (Å²) in [7, 11) is -3.71. The number of nitrogens with two attached hydrogens (primary N) is 1. The van der Waals surface area contributed by atoms with Gasteiger partial charge in [-0.1, -0.05) is 18.2 Å². The van der Waals surface area contributed by atoms with E-state index in [2.05, 4.69) is 10.6 Å². The van der Waals surface area contributed by atoms with E-state index in [-0.39, 0.29) is 10.7 Å². The first-order valence-electron chi connectivity index (χ1n) is 6.77. The molecule has 0 spiro atoms. The van der Waals surface area contributed by atoms with Crippen LogP contribution in [0.2, 0.25) is 0 Å². The Bertz CT molecular complexity index is 793. The van der Waals surface area contributed by atoms with E-state index in [1.54, 1.807) is 30.3 Å². The molecule has 2 aromatic rings. The third-order valence-corrected chi connectivity index (χ3v) is 4.25. The maximum absolute atomic E-state index is 13.5. The molecule has 5 nitrogen and oxygen atoms in total. The maximum Gasteiger partial charge on any atom is 0.238 e. The van der Waals surface area contributed by atoms with Gasteiger partial charge in [0.15, 0.2) is 5.11 Å². The van der Waals surface area contributed by atoms with Crippen LogP contribution >= 0.6 is 12.2 Å². The van der Waals surface area contributed by atoms with E-state index in [0.717, 1.165) is 0 Å². The second kappa shape index (κ2) is 7.49. The fourth-order valence-corrected chi connectivity index (χ4v) is 2.65. The topological polar surface area (TPSA) is 84.2 Å². The third-order valence-electron chi connectivity index (χ3n) is 3.08. The molecular formula is C15H16FN3O2S2. The summed E-state index contributed by atoms with van der Waals surface area (Å²) in [5, 5.41) is 11.3. The van der Waals surface area contributed by atoms with Crippen LogP contribution < -0.4 is 15.8 Å². The molecular weight excluding hydrogens is 337 g/mol. The van der Waals surface area contributed by atoms with Crippen LogP contribution in [0, 0.1) is 5.82 Å². The fraction of sp³-hybridized carbons (Fsp3) is 0.133. The number of primary sulfonamides is 1. The van der Waals surface area contributed by atoms with Gasteiger partial charge in [0.1, 0.15) is 5.82 Å². The Morgan fingerprint density at radius 3 is 2.39 bits per heavy atom. The van der Waals surface area contributed by atoms with Crippen LogP contribution in [-0.2, 0) is 16.4 Å². The lowest BCUT2D eigenvalue weighted by Crippen LogP contribution is -2.30. The molecule has 0 amide bonds. The summed E-state index contributed by atoms with van der Waals surface area (Å²) in [5.74, 6) is -0.244. The van der Waals surface area contributed by atoms with E-state index < -0.39 is 10.0 Å². The first-order chi connectivity index (χ1) is 10.9. The van der Waals surface area contributed by atoms with E-state index in [1.165, 1.54) is 18.2 Å². The summed E-state index contributed by atoms with van der Waals surface area (Å²) < 4.78 is 35.8. The third kappa shape index (κ3) is 5.27. The van der Waals surface area contributed by atoms with Gasteiger partial charge < -0.3 is 10.6 Å². The molecule has 0 bridgehead atoms. The molecule has 0 aliphatic heterocycles. The Kier molecular flexibility index (Phi) is 5.64. The first-order valence-corrected chi connectivity index (χ1v) is 8.73. The number of rotatable bonds is 5. The van der Waals surface area contributed by atoms with E-state index in [0.29, 0.717) is 29.3 Å². The van der Waals surface area contributed by atoms with Gasteiger partial charge in [0, 0.05) is 12.2 Å². The van der Waals surface area contributed by atoms with Crippen LogP contribution in [0.15, 0.2) is 53.4 Å². The van der Waals surface area contributed by atoms with Crippen LogP contribution in [0.1, 0.15) is 5.56 Å². The average Bonchev–Trinajstić information content (AvgIpc) is 2.49. The molecule has 4 N–H and O–H groups in total. The molecule has 122 valence electrons. The molecule has 2 aromatic carbocycles. The Morgan fingerprint density at radius 1 is 1.13 bits per heavy atom. The maximum atomic E-state index is 13.5. The van der Waals surface area contributed by atoms with Crippen molar-refractivity contribution in [3.05, 3.63) is 59.9 Å². The number of anilines is 1. The highest BCUT2D eigenvalue weighted by atomic mass is 32.2. The van der Waals surface area contributed by atoms with Crippen LogP contribution in [-0.4, -0.2) is 20.1 Å². The van der Waals surface area contributed by atoms with Gasteiger partial charge >= 0.3 is 0 Å². The number of hydrogen-bond donors (Lipinski definition) is 3. The minimum atomic E-state index is -3.71. The van der Waals surface area contributed by atoms with Gasteiger partial charge in [-0.2, -0.15) is 0 Å². The highest BCUT2D eigenvalue weighted by molar-refractivity contribution is 7.89. The highest BCUT2D eigenvalue weighted by Crippen LogP contribution is 2.12. The van der Waals surface area contributed by atoms with Crippen molar-refractivity contribution in [1.82, 2.24) is 5.32 Å². The minimum absolute atomic E-state index is 0.0291. The number of halogens is 1. The summed E-state index contributed by atoms with van der Waals surface area (Å²) in [6.07, 6.45) is 0.499. The first kappa shape index (κ1) is 17.3. The predicted octanol–water partition coefficient (Wildman–Crippen LogP) is 2.00. The van der Waals surface area contributed by atoms with Crippen molar-refractivity contribution in [1.29, 1.82) is 0 Å². The lowest BCUT2D eigenvalue weighted by molar-refractivity contribution is 0.598. The molecule has 0 saturated heterocycles. The molecule has 0 fully saturated rings. The van der Waals surface area contributed by atoms with Crippen molar-refractivity contribution in [2.24, 2.45) is 5.14 Å². The Hall–Kier alpha value is -2.03. The van der Waals surface area contributed by atoms with Crippen molar-refractivity contribution in [2.75, 3.05) is 11.9 Å². The second-order valence-electron chi connectivity index (χ2n) is 4.79. The van der Waals surface area contributed by atoms with Crippen molar-refractivity contribution < 1.29 is 12.8 Å². The quantitative estimate of drug-likeness (QED) is 0.716. The molecule has 0 aliphatic carbocycles. The number of benzene rings is 2. The van der Waals surface area contributed by atoms with E-state index in [1.807, 2.05) is 0 Å². The van der Waals surface area contributed by atoms with E-state index >= 15 is 0 Å². The zero-order chi connectivity index (χ0) is 16.9. The van der Waals surface area contributed by atoms with Crippen LogP contribution in [0.25, 0.3) is 0 Å². The smallest absolute Gasteiger partial charge is 0.238 e. The Morgan fingerprint density at radius 2 is 1.78 bits per heavy atom. The molecule has 0 atom stereocenters. The van der Waals surface area contributed by atoms with Crippen LogP contribution in [0.4, 0.5) is 10.1 Å². The largest absolute Gasteiger partial charge is 0.362 e. The summed E-state index contributed by atoms with van der Waals surface area (Å²) in [6.45, 7) is 0.474. The van der Waals surface area contributed by atoms with Crippen molar-refractivity contribution in [2.45, 2.75) is 11.3 Å². The number of sulfonamides is 1. The zero-order valence-electron chi connectivity index (χ0n) is 12.1. The molecule has 2 rings (SSSR count). The highest BCUT2D eigenvalue weighted by Gasteiger charge is 2.07. The molecule has 0 saturated carbocycles. The van der Waals surface area contributed by atoms with Gasteiger partial charge in [-0.3, -0.25) is 0 Å². The lowest BCUT2D eigenvalue weighted by Gasteiger charge is -2.11. The number of nitrogens with one attached hydrogen (secondary N) is 2. The lowest BCUT2D eigenvalue weighted by atomic mass is 10.1. The van der Waals surface area contributed by atoms with Crippen molar-refractivity contribution in [3.8, 4) is 0 Å². The SMILES string of the molecule is NS(=O)(=O)c1ccc(NC(=S)NCCc2ccccc2F)cc1. The zero-order valence-corrected chi connectivity index (χ0v) is 13.8. The average molecular weight is 353 g/mol. The summed E-state index contributed by atoms with van der Waals surface area (Å²) in [4.78, 5) is 0.0291. The molecule has 0 aromatic heterocycles. The monoisotopic (exact) mass is 353 g/mol. The summed E-state index contributed by atoms with van der Waals surface area (Å²) in [6, 6.07) is 12.5. The fourth-order valence-electron chi connectivity index (χ4n) is 1.92. The van der Waals surface area contributed by atoms with Crippen molar-refractivity contribution >= 4 is 33.0 Å². The van der Waals surface area contributed by atoms with Crippen molar-refractivity contribution in [3.63, 3.8) is 0 Å². The molecule has 8 heteroatoms. The van der Waals surface area contributed by atoms with E-state index in [4.69, 9.17) is 17.4 Å². The van der Waals surface area contributed by atoms with Crippen LogP contribution in [0.5, 0.6) is 0 Å². The number of thiocarbonyl (C=S) groups is 1. The van der Waals surface area contributed by atoms with Gasteiger partial charge in [-0.15, -0.1) is 0 Å². The van der Waals surface area contributed by atoms with Gasteiger partial charge in [0.25, 0.3) is 0 Å². The Labute approximate surface area is 139 Å². The predicted molar refractivity (Wildman–Crippen MR) is 92.1 cm³/mol. The molecule has 0 aliphatic rings. The normalized spacial score (nSPS) is 11.0. The van der Waals surface area contributed by atoms with E-state index in [9.17, 15) is 12.8 Å².